The first-order valence-electron chi connectivity index (χ1n) is 13.4. The fourth-order valence-corrected chi connectivity index (χ4v) is 3.78. The first-order valence-corrected chi connectivity index (χ1v) is 13.4. The molecule has 34 heavy (non-hydrogen) atoms. The van der Waals surface area contributed by atoms with Gasteiger partial charge in [-0.25, -0.2) is 0 Å². The van der Waals surface area contributed by atoms with Crippen LogP contribution >= 0.6 is 0 Å². The molecule has 0 aliphatic carbocycles. The van der Waals surface area contributed by atoms with Crippen LogP contribution in [0.5, 0.6) is 5.75 Å². The van der Waals surface area contributed by atoms with E-state index in [2.05, 4.69) is 31.4 Å². The predicted molar refractivity (Wildman–Crippen MR) is 140 cm³/mol. The van der Waals surface area contributed by atoms with E-state index in [1.54, 1.807) is 12.1 Å². The standard InChI is InChI=1S/C28H46N2O4/c1-5-8-11-14-17-25(31)29-23-20-22(4)21-24(30-26(32)18-15-12-9-6-2)28(23)34-27(33)19-16-13-10-7-3/h20-21H,5-19H2,1-4H3,(H,29,31)(H,30,32). The lowest BCUT2D eigenvalue weighted by molar-refractivity contribution is -0.134. The summed E-state index contributed by atoms with van der Waals surface area (Å²) < 4.78 is 5.73. The van der Waals surface area contributed by atoms with Crippen LogP contribution in [0, 0.1) is 6.92 Å². The maximum Gasteiger partial charge on any atom is 0.311 e. The summed E-state index contributed by atoms with van der Waals surface area (Å²) in [5.41, 5.74) is 1.73. The molecule has 1 rings (SSSR count). The summed E-state index contributed by atoms with van der Waals surface area (Å²) in [5.74, 6) is -0.343. The zero-order valence-electron chi connectivity index (χ0n) is 21.9. The molecule has 0 heterocycles. The molecule has 0 saturated carbocycles. The van der Waals surface area contributed by atoms with Crippen LogP contribution in [0.25, 0.3) is 0 Å². The molecule has 0 bridgehead atoms. The normalized spacial score (nSPS) is 10.7. The van der Waals surface area contributed by atoms with Crippen molar-refractivity contribution in [1.29, 1.82) is 0 Å². The Kier molecular flexibility index (Phi) is 15.7. The van der Waals surface area contributed by atoms with Crippen molar-refractivity contribution < 1.29 is 19.1 Å². The SMILES string of the molecule is CCCCCCC(=O)Nc1cc(C)cc(NC(=O)CCCCCC)c1OC(=O)CCCCCC. The van der Waals surface area contributed by atoms with Crippen LogP contribution in [0.2, 0.25) is 0 Å². The third-order valence-electron chi connectivity index (χ3n) is 5.75. The van der Waals surface area contributed by atoms with Crippen molar-refractivity contribution in [2.75, 3.05) is 10.6 Å². The van der Waals surface area contributed by atoms with Crippen molar-refractivity contribution in [1.82, 2.24) is 0 Å². The summed E-state index contributed by atoms with van der Waals surface area (Å²) in [7, 11) is 0. The highest BCUT2D eigenvalue weighted by Gasteiger charge is 2.19. The number of rotatable bonds is 18. The number of carbonyl (C=O) groups is 3. The van der Waals surface area contributed by atoms with E-state index in [-0.39, 0.29) is 23.5 Å². The Balaban J connectivity index is 2.98. The van der Waals surface area contributed by atoms with Gasteiger partial charge in [0.05, 0.1) is 11.4 Å². The zero-order chi connectivity index (χ0) is 25.2. The van der Waals surface area contributed by atoms with Gasteiger partial charge in [0, 0.05) is 19.3 Å². The second-order valence-corrected chi connectivity index (χ2v) is 9.19. The number of hydrogen-bond donors (Lipinski definition) is 2. The van der Waals surface area contributed by atoms with Gasteiger partial charge in [0.1, 0.15) is 0 Å². The minimum atomic E-state index is -0.350. The fraction of sp³-hybridized carbons (Fsp3) is 0.679. The Bertz CT molecular complexity index is 714. The number of carbonyl (C=O) groups excluding carboxylic acids is 3. The maximum absolute atomic E-state index is 12.6. The van der Waals surface area contributed by atoms with Gasteiger partial charge in [0.2, 0.25) is 11.8 Å². The van der Waals surface area contributed by atoms with E-state index < -0.39 is 0 Å². The lowest BCUT2D eigenvalue weighted by Crippen LogP contribution is -2.18. The van der Waals surface area contributed by atoms with E-state index in [9.17, 15) is 14.4 Å². The molecule has 0 aromatic heterocycles. The Morgan fingerprint density at radius 3 is 1.47 bits per heavy atom. The maximum atomic E-state index is 12.6. The van der Waals surface area contributed by atoms with Crippen molar-refractivity contribution in [3.8, 4) is 5.75 Å². The van der Waals surface area contributed by atoms with Crippen molar-refractivity contribution in [2.24, 2.45) is 0 Å². The first kappa shape index (κ1) is 29.7. The predicted octanol–water partition coefficient (Wildman–Crippen LogP) is 7.69. The number of anilines is 2. The molecule has 6 nitrogen and oxygen atoms in total. The average Bonchev–Trinajstić information content (AvgIpc) is 2.79. The second-order valence-electron chi connectivity index (χ2n) is 9.19. The molecular weight excluding hydrogens is 428 g/mol. The molecule has 0 saturated heterocycles. The summed E-state index contributed by atoms with van der Waals surface area (Å²) in [6, 6.07) is 3.58. The topological polar surface area (TPSA) is 84.5 Å². The third-order valence-corrected chi connectivity index (χ3v) is 5.75. The minimum Gasteiger partial charge on any atom is -0.422 e. The van der Waals surface area contributed by atoms with E-state index in [4.69, 9.17) is 4.74 Å². The molecular formula is C28H46N2O4. The summed E-state index contributed by atoms with van der Waals surface area (Å²) in [5, 5.41) is 5.83. The molecule has 0 unspecified atom stereocenters. The lowest BCUT2D eigenvalue weighted by Gasteiger charge is -2.17. The van der Waals surface area contributed by atoms with Crippen LogP contribution in [-0.4, -0.2) is 17.8 Å². The monoisotopic (exact) mass is 474 g/mol. The zero-order valence-corrected chi connectivity index (χ0v) is 21.9. The van der Waals surface area contributed by atoms with Crippen molar-refractivity contribution >= 4 is 29.2 Å². The molecule has 0 spiro atoms. The highest BCUT2D eigenvalue weighted by Crippen LogP contribution is 2.36. The number of nitrogens with one attached hydrogen (secondary N) is 2. The average molecular weight is 475 g/mol. The van der Waals surface area contributed by atoms with Crippen LogP contribution in [0.1, 0.15) is 123 Å². The van der Waals surface area contributed by atoms with Crippen LogP contribution in [-0.2, 0) is 14.4 Å². The highest BCUT2D eigenvalue weighted by molar-refractivity contribution is 5.98. The van der Waals surface area contributed by atoms with Gasteiger partial charge >= 0.3 is 5.97 Å². The Labute approximate surface area is 206 Å². The molecule has 6 heteroatoms. The van der Waals surface area contributed by atoms with Crippen molar-refractivity contribution in [3.63, 3.8) is 0 Å². The van der Waals surface area contributed by atoms with E-state index in [1.807, 2.05) is 6.92 Å². The number of esters is 1. The lowest BCUT2D eigenvalue weighted by atomic mass is 10.1. The molecule has 0 aliphatic rings. The van der Waals surface area contributed by atoms with Gasteiger partial charge in [0.15, 0.2) is 5.75 Å². The van der Waals surface area contributed by atoms with Gasteiger partial charge in [-0.2, -0.15) is 0 Å². The molecule has 2 N–H and O–H groups in total. The Morgan fingerprint density at radius 1 is 0.647 bits per heavy atom. The van der Waals surface area contributed by atoms with Gasteiger partial charge in [-0.3, -0.25) is 14.4 Å². The molecule has 0 radical (unpaired) electrons. The van der Waals surface area contributed by atoms with Crippen molar-refractivity contribution in [2.45, 2.75) is 124 Å². The number of hydrogen-bond acceptors (Lipinski definition) is 4. The largest absolute Gasteiger partial charge is 0.422 e. The summed E-state index contributed by atoms with van der Waals surface area (Å²) >= 11 is 0. The van der Waals surface area contributed by atoms with Gasteiger partial charge in [0.25, 0.3) is 0 Å². The first-order chi connectivity index (χ1) is 16.4. The molecule has 0 aliphatic heterocycles. The smallest absolute Gasteiger partial charge is 0.311 e. The van der Waals surface area contributed by atoms with E-state index in [0.29, 0.717) is 30.6 Å². The Morgan fingerprint density at radius 2 is 1.06 bits per heavy atom. The molecule has 0 atom stereocenters. The quantitative estimate of drug-likeness (QED) is 0.130. The van der Waals surface area contributed by atoms with Gasteiger partial charge in [-0.1, -0.05) is 78.6 Å². The number of benzene rings is 1. The molecule has 0 fully saturated rings. The summed E-state index contributed by atoms with van der Waals surface area (Å²) in [4.78, 5) is 37.7. The van der Waals surface area contributed by atoms with Crippen LogP contribution in [0.15, 0.2) is 12.1 Å². The summed E-state index contributed by atoms with van der Waals surface area (Å²) in [6.45, 7) is 8.29. The van der Waals surface area contributed by atoms with Crippen LogP contribution < -0.4 is 15.4 Å². The number of unbranched alkanes of at least 4 members (excludes halogenated alkanes) is 9. The molecule has 1 aromatic rings. The molecule has 192 valence electrons. The summed E-state index contributed by atoms with van der Waals surface area (Å²) in [6.07, 6.45) is 13.1. The second kappa shape index (κ2) is 18.0. The minimum absolute atomic E-state index is 0.112. The van der Waals surface area contributed by atoms with Gasteiger partial charge in [-0.15, -0.1) is 0 Å². The fourth-order valence-electron chi connectivity index (χ4n) is 3.78. The highest BCUT2D eigenvalue weighted by atomic mass is 16.5. The van der Waals surface area contributed by atoms with Crippen LogP contribution in [0.4, 0.5) is 11.4 Å². The van der Waals surface area contributed by atoms with Crippen molar-refractivity contribution in [3.05, 3.63) is 17.7 Å². The number of aryl methyl sites for hydroxylation is 1. The van der Waals surface area contributed by atoms with Gasteiger partial charge < -0.3 is 15.4 Å². The third kappa shape index (κ3) is 12.8. The van der Waals surface area contributed by atoms with E-state index >= 15 is 0 Å². The van der Waals surface area contributed by atoms with E-state index in [0.717, 1.165) is 82.6 Å². The molecule has 1 aromatic carbocycles. The van der Waals surface area contributed by atoms with Gasteiger partial charge in [-0.05, 0) is 43.9 Å². The van der Waals surface area contributed by atoms with E-state index in [1.165, 1.54) is 0 Å². The number of amides is 2. The number of ether oxygens (including phenoxy) is 1. The van der Waals surface area contributed by atoms with Crippen LogP contribution in [0.3, 0.4) is 0 Å². The Hall–Kier alpha value is -2.37. The molecule has 2 amide bonds.